The van der Waals surface area contributed by atoms with E-state index in [1.165, 1.54) is 103 Å². The van der Waals surface area contributed by atoms with Gasteiger partial charge in [-0.3, -0.25) is 18.7 Å². The van der Waals surface area contributed by atoms with Crippen LogP contribution in [0.1, 0.15) is 93.9 Å². The lowest BCUT2D eigenvalue weighted by Crippen LogP contribution is -2.30. The van der Waals surface area contributed by atoms with E-state index in [0.29, 0.717) is 0 Å². The van der Waals surface area contributed by atoms with Gasteiger partial charge in [-0.1, -0.05) is 81.1 Å². The van der Waals surface area contributed by atoms with Crippen LogP contribution < -0.4 is 0 Å². The molecule has 0 saturated heterocycles. The van der Waals surface area contributed by atoms with Crippen molar-refractivity contribution < 1.29 is 0 Å². The highest BCUT2D eigenvalue weighted by molar-refractivity contribution is 7.52. The van der Waals surface area contributed by atoms with Crippen LogP contribution in [0.15, 0.2) is 0 Å². The van der Waals surface area contributed by atoms with E-state index in [9.17, 15) is 0 Å². The molecule has 0 aromatic rings. The van der Waals surface area contributed by atoms with Crippen LogP contribution >= 0.6 is 16.4 Å². The van der Waals surface area contributed by atoms with Crippen LogP contribution in [0.4, 0.5) is 0 Å². The highest BCUT2D eigenvalue weighted by Crippen LogP contribution is 2.45. The maximum atomic E-state index is 2.71. The molecule has 0 amide bonds. The van der Waals surface area contributed by atoms with Crippen molar-refractivity contribution in [2.75, 3.05) is 64.7 Å². The highest BCUT2D eigenvalue weighted by Gasteiger charge is 2.21. The SMILES string of the molecule is CCN(CC)P(CCCCCCCCP(N(CC)CC)N(CC)CC)N(CC)CC. The third kappa shape index (κ3) is 11.5. The molecule has 0 unspecified atom stereocenters. The minimum absolute atomic E-state index is 0.0886. The molecule has 0 fully saturated rings. The van der Waals surface area contributed by atoms with Gasteiger partial charge >= 0.3 is 0 Å². The predicted molar refractivity (Wildman–Crippen MR) is 143 cm³/mol. The Kier molecular flexibility index (Phi) is 20.8. The van der Waals surface area contributed by atoms with Crippen LogP contribution in [0.3, 0.4) is 0 Å². The maximum absolute atomic E-state index is 2.71. The zero-order valence-electron chi connectivity index (χ0n) is 22.0. The highest BCUT2D eigenvalue weighted by atomic mass is 31.1. The fraction of sp³-hybridized carbons (Fsp3) is 1.00. The summed E-state index contributed by atoms with van der Waals surface area (Å²) >= 11 is 0. The molecule has 0 aliphatic heterocycles. The van der Waals surface area contributed by atoms with Gasteiger partial charge < -0.3 is 0 Å². The fourth-order valence-corrected chi connectivity index (χ4v) is 9.81. The standard InChI is InChI=1S/C24H56N4P2/c1-9-25(10-2)29(26(11-3)12-4)23-21-19-17-18-20-22-24-30(27(13-5)14-6)28(15-7)16-8/h9-24H2,1-8H3. The summed E-state index contributed by atoms with van der Waals surface area (Å²) in [6.45, 7) is 28.2. The zero-order chi connectivity index (χ0) is 22.8. The van der Waals surface area contributed by atoms with Crippen LogP contribution in [0.25, 0.3) is 0 Å². The number of hydrogen-bond acceptors (Lipinski definition) is 4. The Morgan fingerprint density at radius 1 is 0.333 bits per heavy atom. The van der Waals surface area contributed by atoms with Gasteiger partial charge in [-0.05, 0) is 25.2 Å². The molecule has 0 aliphatic carbocycles. The lowest BCUT2D eigenvalue weighted by molar-refractivity contribution is 0.419. The molecule has 4 nitrogen and oxygen atoms in total. The molecule has 0 radical (unpaired) electrons. The van der Waals surface area contributed by atoms with Crippen molar-refractivity contribution in [3.05, 3.63) is 0 Å². The molecule has 0 saturated carbocycles. The van der Waals surface area contributed by atoms with Crippen LogP contribution in [0, 0.1) is 0 Å². The lowest BCUT2D eigenvalue weighted by atomic mass is 10.1. The first-order chi connectivity index (χ1) is 14.6. The monoisotopic (exact) mass is 462 g/mol. The molecule has 0 N–H and O–H groups in total. The normalized spacial score (nSPS) is 12.6. The van der Waals surface area contributed by atoms with E-state index >= 15 is 0 Å². The van der Waals surface area contributed by atoms with Crippen molar-refractivity contribution in [3.63, 3.8) is 0 Å². The van der Waals surface area contributed by atoms with E-state index in [4.69, 9.17) is 0 Å². The van der Waals surface area contributed by atoms with Gasteiger partial charge in [0.05, 0.1) is 0 Å². The maximum Gasteiger partial charge on any atom is 0.0394 e. The topological polar surface area (TPSA) is 13.0 Å². The molecule has 0 bridgehead atoms. The lowest BCUT2D eigenvalue weighted by Gasteiger charge is -2.38. The minimum Gasteiger partial charge on any atom is -0.270 e. The van der Waals surface area contributed by atoms with Crippen molar-refractivity contribution >= 4 is 16.4 Å². The summed E-state index contributed by atoms with van der Waals surface area (Å²) in [5.74, 6) is 0. The first-order valence-electron chi connectivity index (χ1n) is 13.1. The van der Waals surface area contributed by atoms with Gasteiger partial charge in [0.25, 0.3) is 0 Å². The second-order valence-electron chi connectivity index (χ2n) is 7.87. The Balaban J connectivity index is 4.26. The van der Waals surface area contributed by atoms with Gasteiger partial charge in [-0.2, -0.15) is 0 Å². The average molecular weight is 463 g/mol. The Hall–Kier alpha value is 0.700. The molecule has 6 heteroatoms. The number of unbranched alkanes of at least 4 members (excludes halogenated alkanes) is 5. The molecular weight excluding hydrogens is 406 g/mol. The number of hydrogen-bond donors (Lipinski definition) is 0. The Labute approximate surface area is 193 Å². The van der Waals surface area contributed by atoms with Crippen LogP contribution in [0.5, 0.6) is 0 Å². The molecule has 0 aromatic carbocycles. The van der Waals surface area contributed by atoms with E-state index in [-0.39, 0.29) is 16.4 Å². The summed E-state index contributed by atoms with van der Waals surface area (Å²) < 4.78 is 10.9. The van der Waals surface area contributed by atoms with E-state index in [2.05, 4.69) is 74.1 Å². The van der Waals surface area contributed by atoms with Crippen molar-refractivity contribution in [2.24, 2.45) is 0 Å². The van der Waals surface area contributed by atoms with Gasteiger partial charge in [0.1, 0.15) is 0 Å². The van der Waals surface area contributed by atoms with Crippen molar-refractivity contribution in [1.29, 1.82) is 0 Å². The number of rotatable bonds is 21. The fourth-order valence-electron chi connectivity index (χ4n) is 4.34. The number of nitrogens with zero attached hydrogens (tertiary/aromatic N) is 4. The molecular formula is C24H56N4P2. The molecule has 0 atom stereocenters. The summed E-state index contributed by atoms with van der Waals surface area (Å²) in [6.07, 6.45) is 11.3. The summed E-state index contributed by atoms with van der Waals surface area (Å²) in [4.78, 5) is 0. The molecule has 30 heavy (non-hydrogen) atoms. The largest absolute Gasteiger partial charge is 0.270 e. The van der Waals surface area contributed by atoms with Crippen molar-refractivity contribution in [1.82, 2.24) is 18.7 Å². The molecule has 0 heterocycles. The summed E-state index contributed by atoms with van der Waals surface area (Å²) in [6, 6.07) is 0. The van der Waals surface area contributed by atoms with E-state index in [1.807, 2.05) is 0 Å². The third-order valence-electron chi connectivity index (χ3n) is 6.19. The Morgan fingerprint density at radius 3 is 0.733 bits per heavy atom. The first kappa shape index (κ1) is 30.7. The van der Waals surface area contributed by atoms with Crippen molar-refractivity contribution in [2.45, 2.75) is 93.9 Å². The first-order valence-corrected chi connectivity index (χ1v) is 16.0. The second kappa shape index (κ2) is 20.3. The summed E-state index contributed by atoms with van der Waals surface area (Å²) in [5.41, 5.74) is 0. The van der Waals surface area contributed by atoms with Gasteiger partial charge in [0.15, 0.2) is 0 Å². The summed E-state index contributed by atoms with van der Waals surface area (Å²) in [7, 11) is -0.177. The smallest absolute Gasteiger partial charge is 0.0394 e. The predicted octanol–water partition coefficient (Wildman–Crippen LogP) is 7.32. The molecule has 0 spiro atoms. The average Bonchev–Trinajstić information content (AvgIpc) is 2.77. The molecule has 0 aliphatic rings. The molecule has 0 rings (SSSR count). The second-order valence-corrected chi connectivity index (χ2v) is 12.5. The van der Waals surface area contributed by atoms with Gasteiger partial charge in [0, 0.05) is 68.8 Å². The molecule has 182 valence electrons. The molecule has 0 aromatic heterocycles. The zero-order valence-corrected chi connectivity index (χ0v) is 23.8. The van der Waals surface area contributed by atoms with Crippen LogP contribution in [0.2, 0.25) is 0 Å². The summed E-state index contributed by atoms with van der Waals surface area (Å²) in [5, 5.41) is 0. The van der Waals surface area contributed by atoms with Crippen molar-refractivity contribution in [3.8, 4) is 0 Å². The Bertz CT molecular complexity index is 299. The van der Waals surface area contributed by atoms with Crippen LogP contribution in [-0.4, -0.2) is 83.4 Å². The van der Waals surface area contributed by atoms with E-state index in [0.717, 1.165) is 0 Å². The van der Waals surface area contributed by atoms with Gasteiger partial charge in [-0.15, -0.1) is 0 Å². The van der Waals surface area contributed by atoms with E-state index < -0.39 is 0 Å². The Morgan fingerprint density at radius 2 is 0.533 bits per heavy atom. The quantitative estimate of drug-likeness (QED) is 0.131. The van der Waals surface area contributed by atoms with Gasteiger partial charge in [0.2, 0.25) is 0 Å². The van der Waals surface area contributed by atoms with Crippen LogP contribution in [-0.2, 0) is 0 Å². The third-order valence-corrected chi connectivity index (χ3v) is 12.5. The van der Waals surface area contributed by atoms with E-state index in [1.54, 1.807) is 0 Å². The minimum atomic E-state index is -0.0886. The van der Waals surface area contributed by atoms with Gasteiger partial charge in [-0.25, -0.2) is 0 Å².